The first kappa shape index (κ1) is 16.8. The molecular weight excluding hydrogens is 290 g/mol. The SMILES string of the molecule is CCOCOc1ccc(C(=O)OCC(F)(F)C(=O)O)cc1. The van der Waals surface area contributed by atoms with Crippen LogP contribution in [0.5, 0.6) is 5.75 Å². The molecule has 0 radical (unpaired) electrons. The van der Waals surface area contributed by atoms with Crippen LogP contribution in [0.15, 0.2) is 24.3 Å². The van der Waals surface area contributed by atoms with Crippen molar-refractivity contribution in [2.75, 3.05) is 20.0 Å². The van der Waals surface area contributed by atoms with Gasteiger partial charge in [-0.2, -0.15) is 8.78 Å². The van der Waals surface area contributed by atoms with E-state index in [9.17, 15) is 18.4 Å². The smallest absolute Gasteiger partial charge is 0.378 e. The summed E-state index contributed by atoms with van der Waals surface area (Å²) in [5, 5.41) is 8.19. The molecule has 0 bridgehead atoms. The van der Waals surface area contributed by atoms with Crippen LogP contribution in [0.25, 0.3) is 0 Å². The minimum atomic E-state index is -4.11. The van der Waals surface area contributed by atoms with E-state index in [1.165, 1.54) is 24.3 Å². The number of hydrogen-bond acceptors (Lipinski definition) is 5. The van der Waals surface area contributed by atoms with Gasteiger partial charge in [0.2, 0.25) is 0 Å². The van der Waals surface area contributed by atoms with Gasteiger partial charge in [0.15, 0.2) is 13.4 Å². The van der Waals surface area contributed by atoms with Gasteiger partial charge in [-0.15, -0.1) is 0 Å². The minimum Gasteiger partial charge on any atom is -0.477 e. The van der Waals surface area contributed by atoms with E-state index >= 15 is 0 Å². The van der Waals surface area contributed by atoms with E-state index in [1.54, 1.807) is 6.92 Å². The predicted octanol–water partition coefficient (Wildman–Crippen LogP) is 1.94. The van der Waals surface area contributed by atoms with Gasteiger partial charge in [0.05, 0.1) is 5.56 Å². The van der Waals surface area contributed by atoms with Crippen molar-refractivity contribution in [1.82, 2.24) is 0 Å². The summed E-state index contributed by atoms with van der Waals surface area (Å²) in [6.07, 6.45) is 0. The number of carboxylic acid groups (broad SMARTS) is 1. The first-order valence-electron chi connectivity index (χ1n) is 5.95. The lowest BCUT2D eigenvalue weighted by Gasteiger charge is -2.11. The normalized spacial score (nSPS) is 11.0. The summed E-state index contributed by atoms with van der Waals surface area (Å²) in [7, 11) is 0. The van der Waals surface area contributed by atoms with E-state index in [0.29, 0.717) is 12.4 Å². The summed E-state index contributed by atoms with van der Waals surface area (Å²) in [4.78, 5) is 21.6. The molecule has 0 aromatic heterocycles. The fourth-order valence-electron chi connectivity index (χ4n) is 1.18. The maximum Gasteiger partial charge on any atom is 0.378 e. The highest BCUT2D eigenvalue weighted by atomic mass is 19.3. The third-order valence-corrected chi connectivity index (χ3v) is 2.30. The summed E-state index contributed by atoms with van der Waals surface area (Å²) in [6.45, 7) is 0.812. The van der Waals surface area contributed by atoms with Gasteiger partial charge in [-0.1, -0.05) is 0 Å². The Morgan fingerprint density at radius 3 is 2.38 bits per heavy atom. The molecule has 1 aromatic carbocycles. The van der Waals surface area contributed by atoms with Crippen molar-refractivity contribution in [1.29, 1.82) is 0 Å². The Morgan fingerprint density at radius 2 is 1.86 bits per heavy atom. The maximum absolute atomic E-state index is 12.7. The molecule has 0 amide bonds. The third kappa shape index (κ3) is 5.35. The van der Waals surface area contributed by atoms with Crippen molar-refractivity contribution in [3.05, 3.63) is 29.8 Å². The van der Waals surface area contributed by atoms with Crippen molar-refractivity contribution < 1.29 is 37.7 Å². The molecule has 1 N–H and O–H groups in total. The summed E-state index contributed by atoms with van der Waals surface area (Å²) < 4.78 is 39.9. The van der Waals surface area contributed by atoms with Gasteiger partial charge >= 0.3 is 17.9 Å². The highest BCUT2D eigenvalue weighted by Gasteiger charge is 2.40. The number of carbonyl (C=O) groups is 2. The molecule has 0 heterocycles. The van der Waals surface area contributed by atoms with E-state index in [1.807, 2.05) is 0 Å². The number of alkyl halides is 2. The maximum atomic E-state index is 12.7. The zero-order valence-electron chi connectivity index (χ0n) is 11.2. The van der Waals surface area contributed by atoms with Crippen LogP contribution in [0.1, 0.15) is 17.3 Å². The van der Waals surface area contributed by atoms with Crippen LogP contribution in [0, 0.1) is 0 Å². The van der Waals surface area contributed by atoms with Gasteiger partial charge in [-0.3, -0.25) is 0 Å². The van der Waals surface area contributed by atoms with Crippen molar-refractivity contribution in [2.24, 2.45) is 0 Å². The van der Waals surface area contributed by atoms with Crippen molar-refractivity contribution >= 4 is 11.9 Å². The molecule has 1 aromatic rings. The first-order chi connectivity index (χ1) is 9.86. The van der Waals surface area contributed by atoms with Gasteiger partial charge in [0.25, 0.3) is 0 Å². The molecule has 0 aliphatic rings. The van der Waals surface area contributed by atoms with Crippen LogP contribution >= 0.6 is 0 Å². The fraction of sp³-hybridized carbons (Fsp3) is 0.385. The molecule has 0 atom stereocenters. The predicted molar refractivity (Wildman–Crippen MR) is 66.4 cm³/mol. The highest BCUT2D eigenvalue weighted by molar-refractivity contribution is 5.89. The Hall–Kier alpha value is -2.22. The second-order valence-corrected chi connectivity index (χ2v) is 3.87. The molecule has 0 spiro atoms. The molecule has 0 saturated carbocycles. The molecule has 1 rings (SSSR count). The van der Waals surface area contributed by atoms with Gasteiger partial charge in [0.1, 0.15) is 5.75 Å². The second kappa shape index (κ2) is 7.53. The van der Waals surface area contributed by atoms with Gasteiger partial charge in [-0.05, 0) is 31.2 Å². The lowest BCUT2D eigenvalue weighted by molar-refractivity contribution is -0.170. The van der Waals surface area contributed by atoms with E-state index in [-0.39, 0.29) is 12.4 Å². The number of benzene rings is 1. The Kier molecular flexibility index (Phi) is 6.04. The molecule has 21 heavy (non-hydrogen) atoms. The average molecular weight is 304 g/mol. The lowest BCUT2D eigenvalue weighted by Crippen LogP contribution is -2.34. The summed E-state index contributed by atoms with van der Waals surface area (Å²) in [5.41, 5.74) is -0.0000475. The number of esters is 1. The molecule has 6 nitrogen and oxygen atoms in total. The number of carbonyl (C=O) groups excluding carboxylic acids is 1. The monoisotopic (exact) mass is 304 g/mol. The van der Waals surface area contributed by atoms with Crippen LogP contribution in [0.3, 0.4) is 0 Å². The minimum absolute atomic E-state index is 0.0000475. The third-order valence-electron chi connectivity index (χ3n) is 2.30. The average Bonchev–Trinajstić information content (AvgIpc) is 2.45. The molecule has 0 aliphatic carbocycles. The van der Waals surface area contributed by atoms with Crippen LogP contribution in [0.4, 0.5) is 8.78 Å². The van der Waals surface area contributed by atoms with Crippen LogP contribution in [-0.2, 0) is 14.3 Å². The number of halogens is 2. The van der Waals surface area contributed by atoms with Crippen LogP contribution in [0.2, 0.25) is 0 Å². The van der Waals surface area contributed by atoms with E-state index < -0.39 is 24.5 Å². The van der Waals surface area contributed by atoms with Gasteiger partial charge in [0, 0.05) is 6.61 Å². The van der Waals surface area contributed by atoms with E-state index in [4.69, 9.17) is 14.6 Å². The molecule has 0 saturated heterocycles. The second-order valence-electron chi connectivity index (χ2n) is 3.87. The number of rotatable bonds is 8. The van der Waals surface area contributed by atoms with Crippen LogP contribution < -0.4 is 4.74 Å². The van der Waals surface area contributed by atoms with Gasteiger partial charge in [-0.25, -0.2) is 9.59 Å². The summed E-state index contributed by atoms with van der Waals surface area (Å²) in [5.74, 6) is -7.09. The largest absolute Gasteiger partial charge is 0.477 e. The number of ether oxygens (including phenoxy) is 3. The van der Waals surface area contributed by atoms with E-state index in [2.05, 4.69) is 4.74 Å². The number of carboxylic acids is 1. The molecule has 0 fully saturated rings. The molecule has 0 unspecified atom stereocenters. The zero-order chi connectivity index (χ0) is 15.9. The highest BCUT2D eigenvalue weighted by Crippen LogP contribution is 2.16. The Balaban J connectivity index is 2.53. The molecule has 8 heteroatoms. The Morgan fingerprint density at radius 1 is 1.24 bits per heavy atom. The number of aliphatic carboxylic acids is 1. The van der Waals surface area contributed by atoms with Crippen molar-refractivity contribution in [3.8, 4) is 5.75 Å². The standard InChI is InChI=1S/C13H14F2O6/c1-2-19-8-21-10-5-3-9(4-6-10)11(16)20-7-13(14,15)12(17)18/h3-6H,2,7-8H2,1H3,(H,17,18). The van der Waals surface area contributed by atoms with Crippen molar-refractivity contribution in [3.63, 3.8) is 0 Å². The van der Waals surface area contributed by atoms with Gasteiger partial charge < -0.3 is 19.3 Å². The summed E-state index contributed by atoms with van der Waals surface area (Å²) >= 11 is 0. The van der Waals surface area contributed by atoms with E-state index in [0.717, 1.165) is 0 Å². The number of hydrogen-bond donors (Lipinski definition) is 1. The Labute approximate surface area is 119 Å². The first-order valence-corrected chi connectivity index (χ1v) is 5.95. The fourth-order valence-corrected chi connectivity index (χ4v) is 1.18. The topological polar surface area (TPSA) is 82.1 Å². The van der Waals surface area contributed by atoms with Crippen LogP contribution in [-0.4, -0.2) is 43.0 Å². The Bertz CT molecular complexity index is 486. The summed E-state index contributed by atoms with van der Waals surface area (Å²) in [6, 6.07) is 5.49. The molecular formula is C13H14F2O6. The molecule has 116 valence electrons. The zero-order valence-corrected chi connectivity index (χ0v) is 11.2. The molecule has 0 aliphatic heterocycles. The lowest BCUT2D eigenvalue weighted by atomic mass is 10.2. The quantitative estimate of drug-likeness (QED) is 0.449. The van der Waals surface area contributed by atoms with Crippen molar-refractivity contribution in [2.45, 2.75) is 12.8 Å².